The third kappa shape index (κ3) is 1.98. The maximum atomic E-state index is 4.28. The van der Waals surface area contributed by atoms with Crippen molar-refractivity contribution in [1.82, 2.24) is 10.3 Å². The van der Waals surface area contributed by atoms with E-state index in [2.05, 4.69) is 15.3 Å². The van der Waals surface area contributed by atoms with Crippen molar-refractivity contribution in [3.63, 3.8) is 0 Å². The zero-order chi connectivity index (χ0) is 8.23. The molecular formula is C7H9N3S2. The maximum Gasteiger partial charge on any atom is 0.156 e. The summed E-state index contributed by atoms with van der Waals surface area (Å²) in [5.74, 6) is 1.11. The van der Waals surface area contributed by atoms with Gasteiger partial charge in [0.2, 0.25) is 0 Å². The fourth-order valence-corrected chi connectivity index (χ4v) is 2.22. The predicted octanol–water partition coefficient (Wildman–Crippen LogP) is 1.34. The average molecular weight is 199 g/mol. The molecule has 1 aliphatic rings. The highest BCUT2D eigenvalue weighted by atomic mass is 32.2. The summed E-state index contributed by atoms with van der Waals surface area (Å²) < 4.78 is 0. The third-order valence-corrected chi connectivity index (χ3v) is 3.17. The topological polar surface area (TPSA) is 37.3 Å². The second kappa shape index (κ2) is 3.91. The minimum Gasteiger partial charge on any atom is -0.358 e. The van der Waals surface area contributed by atoms with Crippen LogP contribution in [0.25, 0.3) is 0 Å². The zero-order valence-electron chi connectivity index (χ0n) is 6.49. The molecule has 1 aromatic rings. The lowest BCUT2D eigenvalue weighted by atomic mass is 10.7. The van der Waals surface area contributed by atoms with E-state index in [0.29, 0.717) is 0 Å². The minimum atomic E-state index is 0.809. The summed E-state index contributed by atoms with van der Waals surface area (Å²) in [7, 11) is 0. The second-order valence-corrected chi connectivity index (χ2v) is 4.38. The maximum absolute atomic E-state index is 4.28. The number of thiazole rings is 1. The molecule has 0 amide bonds. The van der Waals surface area contributed by atoms with Crippen LogP contribution in [0.3, 0.4) is 0 Å². The van der Waals surface area contributed by atoms with Crippen LogP contribution in [0.2, 0.25) is 0 Å². The molecule has 1 aromatic heterocycles. The predicted molar refractivity (Wildman–Crippen MR) is 53.7 cm³/mol. The van der Waals surface area contributed by atoms with Crippen molar-refractivity contribution in [2.45, 2.75) is 6.54 Å². The van der Waals surface area contributed by atoms with Gasteiger partial charge in [0.25, 0.3) is 0 Å². The van der Waals surface area contributed by atoms with Crippen LogP contribution >= 0.6 is 23.1 Å². The molecule has 3 nitrogen and oxygen atoms in total. The van der Waals surface area contributed by atoms with Gasteiger partial charge in [-0.1, -0.05) is 11.8 Å². The zero-order valence-corrected chi connectivity index (χ0v) is 8.12. The summed E-state index contributed by atoms with van der Waals surface area (Å²) in [6, 6.07) is 0. The van der Waals surface area contributed by atoms with Crippen LogP contribution in [0.15, 0.2) is 16.6 Å². The lowest BCUT2D eigenvalue weighted by molar-refractivity contribution is 0.909. The number of aliphatic imine (C=N–C) groups is 1. The van der Waals surface area contributed by atoms with Crippen LogP contribution in [0.4, 0.5) is 0 Å². The fourth-order valence-electron chi connectivity index (χ4n) is 0.934. The number of hydrogen-bond donors (Lipinski definition) is 1. The molecule has 5 heteroatoms. The van der Waals surface area contributed by atoms with Crippen LogP contribution in [0, 0.1) is 0 Å². The molecule has 64 valence electrons. The Morgan fingerprint density at radius 1 is 1.58 bits per heavy atom. The normalized spacial score (nSPS) is 16.2. The van der Waals surface area contributed by atoms with E-state index in [1.807, 2.05) is 11.6 Å². The first-order chi connectivity index (χ1) is 5.95. The van der Waals surface area contributed by atoms with Crippen molar-refractivity contribution >= 4 is 28.3 Å². The monoisotopic (exact) mass is 199 g/mol. The van der Waals surface area contributed by atoms with Crippen LogP contribution in [0.1, 0.15) is 5.01 Å². The molecule has 0 spiro atoms. The van der Waals surface area contributed by atoms with Crippen LogP contribution in [-0.2, 0) is 6.54 Å². The Morgan fingerprint density at radius 2 is 2.58 bits per heavy atom. The lowest BCUT2D eigenvalue weighted by Crippen LogP contribution is -2.17. The molecule has 2 heterocycles. The van der Waals surface area contributed by atoms with E-state index in [1.54, 1.807) is 23.1 Å². The molecule has 0 atom stereocenters. The Bertz CT molecular complexity index is 268. The smallest absolute Gasteiger partial charge is 0.156 e. The van der Waals surface area contributed by atoms with Gasteiger partial charge in [-0.05, 0) is 0 Å². The molecule has 0 aromatic carbocycles. The molecule has 0 fully saturated rings. The standard InChI is InChI=1S/C7H9N3S2/c1-3-11-6(8-1)5-10-7-9-2-4-12-7/h1,3H,2,4-5H2,(H,9,10). The molecule has 0 unspecified atom stereocenters. The van der Waals surface area contributed by atoms with E-state index >= 15 is 0 Å². The van der Waals surface area contributed by atoms with Gasteiger partial charge in [-0.25, -0.2) is 4.98 Å². The molecule has 1 N–H and O–H groups in total. The molecule has 2 rings (SSSR count). The summed E-state index contributed by atoms with van der Waals surface area (Å²) in [4.78, 5) is 8.45. The fraction of sp³-hybridized carbons (Fsp3) is 0.429. The lowest BCUT2D eigenvalue weighted by Gasteiger charge is -2.00. The molecule has 0 saturated heterocycles. The van der Waals surface area contributed by atoms with Crippen molar-refractivity contribution in [1.29, 1.82) is 0 Å². The number of nitrogens with zero attached hydrogens (tertiary/aromatic N) is 2. The van der Waals surface area contributed by atoms with E-state index in [1.165, 1.54) is 0 Å². The Morgan fingerprint density at radius 3 is 3.25 bits per heavy atom. The Balaban J connectivity index is 1.82. The number of nitrogens with one attached hydrogen (secondary N) is 1. The number of amidine groups is 1. The highest BCUT2D eigenvalue weighted by Gasteiger charge is 2.05. The first-order valence-corrected chi connectivity index (χ1v) is 5.61. The van der Waals surface area contributed by atoms with Gasteiger partial charge in [0.1, 0.15) is 5.01 Å². The van der Waals surface area contributed by atoms with Crippen molar-refractivity contribution in [3.8, 4) is 0 Å². The van der Waals surface area contributed by atoms with E-state index in [9.17, 15) is 0 Å². The second-order valence-electron chi connectivity index (χ2n) is 2.31. The summed E-state index contributed by atoms with van der Waals surface area (Å²) in [5, 5.41) is 7.41. The van der Waals surface area contributed by atoms with E-state index < -0.39 is 0 Å². The Kier molecular flexibility index (Phi) is 2.63. The van der Waals surface area contributed by atoms with Crippen LogP contribution < -0.4 is 5.32 Å². The number of rotatable bonds is 2. The molecule has 1 aliphatic heterocycles. The largest absolute Gasteiger partial charge is 0.358 e. The summed E-state index contributed by atoms with van der Waals surface area (Å²) in [5.41, 5.74) is 0. The summed E-state index contributed by atoms with van der Waals surface area (Å²) >= 11 is 3.45. The van der Waals surface area contributed by atoms with E-state index in [4.69, 9.17) is 0 Å². The van der Waals surface area contributed by atoms with Gasteiger partial charge in [-0.3, -0.25) is 4.99 Å². The molecule has 0 radical (unpaired) electrons. The van der Waals surface area contributed by atoms with E-state index in [-0.39, 0.29) is 0 Å². The molecule has 12 heavy (non-hydrogen) atoms. The van der Waals surface area contributed by atoms with Crippen molar-refractivity contribution in [2.75, 3.05) is 12.3 Å². The van der Waals surface area contributed by atoms with Crippen LogP contribution in [0.5, 0.6) is 0 Å². The molecule has 0 saturated carbocycles. The SMILES string of the molecule is c1csc(CNC2=NCCS2)n1. The molecule has 0 bridgehead atoms. The Hall–Kier alpha value is -0.550. The number of hydrogen-bond acceptors (Lipinski definition) is 5. The summed E-state index contributed by atoms with van der Waals surface area (Å²) in [6.07, 6.45) is 1.82. The summed E-state index contributed by atoms with van der Waals surface area (Å²) in [6.45, 7) is 1.76. The average Bonchev–Trinajstić information content (AvgIpc) is 2.74. The number of aromatic nitrogens is 1. The van der Waals surface area contributed by atoms with E-state index in [0.717, 1.165) is 29.0 Å². The quantitative estimate of drug-likeness (QED) is 0.781. The van der Waals surface area contributed by atoms with Gasteiger partial charge >= 0.3 is 0 Å². The van der Waals surface area contributed by atoms with Gasteiger partial charge < -0.3 is 5.32 Å². The molecule has 0 aliphatic carbocycles. The number of thioether (sulfide) groups is 1. The van der Waals surface area contributed by atoms with Gasteiger partial charge in [-0.2, -0.15) is 0 Å². The van der Waals surface area contributed by atoms with Crippen LogP contribution in [-0.4, -0.2) is 22.4 Å². The highest BCUT2D eigenvalue weighted by molar-refractivity contribution is 8.14. The Labute approximate surface area is 79.3 Å². The van der Waals surface area contributed by atoms with Crippen molar-refractivity contribution in [3.05, 3.63) is 16.6 Å². The van der Waals surface area contributed by atoms with Gasteiger partial charge in [0.05, 0.1) is 13.1 Å². The van der Waals surface area contributed by atoms with Gasteiger partial charge in [0, 0.05) is 17.3 Å². The van der Waals surface area contributed by atoms with Gasteiger partial charge in [-0.15, -0.1) is 11.3 Å². The third-order valence-electron chi connectivity index (χ3n) is 1.46. The minimum absolute atomic E-state index is 0.809. The van der Waals surface area contributed by atoms with Crippen molar-refractivity contribution in [2.24, 2.45) is 4.99 Å². The van der Waals surface area contributed by atoms with Gasteiger partial charge in [0.15, 0.2) is 5.17 Å². The first kappa shape index (κ1) is 8.07. The van der Waals surface area contributed by atoms with Crippen molar-refractivity contribution < 1.29 is 0 Å². The highest BCUT2D eigenvalue weighted by Crippen LogP contribution is 2.10. The first-order valence-electron chi connectivity index (χ1n) is 3.74. The molecular weight excluding hydrogens is 190 g/mol.